The Kier molecular flexibility index (Phi) is 3.92. The lowest BCUT2D eigenvalue weighted by Gasteiger charge is -2.15. The standard InChI is InChI=1S/C19H19N3O2/c1-21(11-15-7-8-18-19(9-15)24-14-23-18)12-16-10-20-22(13-16)17-5-3-2-4-6-17/h2-10,13H,11-12,14H2,1H3. The summed E-state index contributed by atoms with van der Waals surface area (Å²) < 4.78 is 12.7. The SMILES string of the molecule is CN(Cc1ccc2c(c1)OCO2)Cc1cnn(-c2ccccc2)c1. The Bertz CT molecular complexity index is 830. The van der Waals surface area contributed by atoms with E-state index in [2.05, 4.69) is 29.3 Å². The van der Waals surface area contributed by atoms with Gasteiger partial charge in [-0.25, -0.2) is 4.68 Å². The first-order chi connectivity index (χ1) is 11.8. The summed E-state index contributed by atoms with van der Waals surface area (Å²) in [6.07, 6.45) is 3.99. The molecule has 5 nitrogen and oxygen atoms in total. The second-order valence-corrected chi connectivity index (χ2v) is 5.99. The van der Waals surface area contributed by atoms with Gasteiger partial charge >= 0.3 is 0 Å². The van der Waals surface area contributed by atoms with Gasteiger partial charge in [0.1, 0.15) is 0 Å². The third-order valence-corrected chi connectivity index (χ3v) is 4.00. The van der Waals surface area contributed by atoms with Gasteiger partial charge in [0.15, 0.2) is 11.5 Å². The summed E-state index contributed by atoms with van der Waals surface area (Å²) in [5.74, 6) is 1.66. The Morgan fingerprint density at radius 1 is 1.00 bits per heavy atom. The number of nitrogens with zero attached hydrogens (tertiary/aromatic N) is 3. The highest BCUT2D eigenvalue weighted by molar-refractivity contribution is 5.44. The molecular formula is C19H19N3O2. The molecule has 0 aliphatic carbocycles. The highest BCUT2D eigenvalue weighted by Crippen LogP contribution is 2.32. The lowest BCUT2D eigenvalue weighted by Crippen LogP contribution is -2.16. The molecule has 24 heavy (non-hydrogen) atoms. The number of rotatable bonds is 5. The number of hydrogen-bond acceptors (Lipinski definition) is 4. The first-order valence-electron chi connectivity index (χ1n) is 7.94. The van der Waals surface area contributed by atoms with Crippen molar-refractivity contribution in [1.82, 2.24) is 14.7 Å². The number of para-hydroxylation sites is 1. The van der Waals surface area contributed by atoms with Crippen LogP contribution in [0.5, 0.6) is 11.5 Å². The van der Waals surface area contributed by atoms with Gasteiger partial charge in [0.25, 0.3) is 0 Å². The zero-order valence-corrected chi connectivity index (χ0v) is 13.6. The fourth-order valence-electron chi connectivity index (χ4n) is 2.88. The van der Waals surface area contributed by atoms with Crippen molar-refractivity contribution in [2.75, 3.05) is 13.8 Å². The second-order valence-electron chi connectivity index (χ2n) is 5.99. The van der Waals surface area contributed by atoms with Crippen LogP contribution in [0.15, 0.2) is 60.9 Å². The molecule has 0 saturated carbocycles. The third kappa shape index (κ3) is 3.12. The molecule has 0 fully saturated rings. The van der Waals surface area contributed by atoms with Crippen molar-refractivity contribution in [1.29, 1.82) is 0 Å². The predicted octanol–water partition coefficient (Wildman–Crippen LogP) is 3.23. The van der Waals surface area contributed by atoms with E-state index in [-0.39, 0.29) is 0 Å². The van der Waals surface area contributed by atoms with Crippen molar-refractivity contribution in [3.63, 3.8) is 0 Å². The summed E-state index contributed by atoms with van der Waals surface area (Å²) in [7, 11) is 2.10. The van der Waals surface area contributed by atoms with Gasteiger partial charge in [-0.2, -0.15) is 5.10 Å². The molecule has 0 amide bonds. The number of benzene rings is 2. The zero-order chi connectivity index (χ0) is 16.4. The van der Waals surface area contributed by atoms with Crippen LogP contribution >= 0.6 is 0 Å². The summed E-state index contributed by atoms with van der Waals surface area (Å²) >= 11 is 0. The van der Waals surface area contributed by atoms with E-state index in [0.717, 1.165) is 30.3 Å². The summed E-state index contributed by atoms with van der Waals surface area (Å²) in [4.78, 5) is 2.25. The molecule has 1 aromatic heterocycles. The van der Waals surface area contributed by atoms with E-state index < -0.39 is 0 Å². The number of fused-ring (bicyclic) bond motifs is 1. The van der Waals surface area contributed by atoms with Crippen LogP contribution in [0, 0.1) is 0 Å². The number of hydrogen-bond donors (Lipinski definition) is 0. The van der Waals surface area contributed by atoms with Crippen molar-refractivity contribution < 1.29 is 9.47 Å². The molecule has 1 aliphatic rings. The van der Waals surface area contributed by atoms with E-state index in [1.165, 1.54) is 11.1 Å². The maximum atomic E-state index is 5.44. The number of ether oxygens (including phenoxy) is 2. The van der Waals surface area contributed by atoms with Crippen molar-refractivity contribution in [3.05, 3.63) is 72.1 Å². The Hall–Kier alpha value is -2.79. The highest BCUT2D eigenvalue weighted by atomic mass is 16.7. The van der Waals surface area contributed by atoms with E-state index in [9.17, 15) is 0 Å². The Morgan fingerprint density at radius 3 is 2.67 bits per heavy atom. The Labute approximate surface area is 141 Å². The van der Waals surface area contributed by atoms with Gasteiger partial charge in [0, 0.05) is 24.8 Å². The molecule has 2 heterocycles. The highest BCUT2D eigenvalue weighted by Gasteiger charge is 2.14. The van der Waals surface area contributed by atoms with Crippen molar-refractivity contribution >= 4 is 0 Å². The Balaban J connectivity index is 1.41. The van der Waals surface area contributed by atoms with Crippen LogP contribution in [0.1, 0.15) is 11.1 Å². The molecule has 0 N–H and O–H groups in total. The maximum Gasteiger partial charge on any atom is 0.231 e. The maximum absolute atomic E-state index is 5.44. The molecule has 1 aliphatic heterocycles. The molecule has 0 unspecified atom stereocenters. The average Bonchev–Trinajstić information content (AvgIpc) is 3.24. The minimum absolute atomic E-state index is 0.313. The largest absolute Gasteiger partial charge is 0.454 e. The average molecular weight is 321 g/mol. The van der Waals surface area contributed by atoms with Gasteiger partial charge in [-0.1, -0.05) is 24.3 Å². The monoisotopic (exact) mass is 321 g/mol. The van der Waals surface area contributed by atoms with Crippen LogP contribution in [0.25, 0.3) is 5.69 Å². The molecule has 0 atom stereocenters. The third-order valence-electron chi connectivity index (χ3n) is 4.00. The van der Waals surface area contributed by atoms with Gasteiger partial charge in [-0.3, -0.25) is 4.90 Å². The van der Waals surface area contributed by atoms with Crippen LogP contribution in [-0.2, 0) is 13.1 Å². The predicted molar refractivity (Wildman–Crippen MR) is 91.3 cm³/mol. The number of aromatic nitrogens is 2. The van der Waals surface area contributed by atoms with Crippen LogP contribution in [-0.4, -0.2) is 28.5 Å². The van der Waals surface area contributed by atoms with Gasteiger partial charge in [-0.05, 0) is 36.9 Å². The van der Waals surface area contributed by atoms with Crippen molar-refractivity contribution in [2.45, 2.75) is 13.1 Å². The lowest BCUT2D eigenvalue weighted by atomic mass is 10.2. The molecule has 3 aromatic rings. The summed E-state index contributed by atoms with van der Waals surface area (Å²) in [6, 6.07) is 16.2. The summed E-state index contributed by atoms with van der Waals surface area (Å²) in [6.45, 7) is 1.99. The zero-order valence-electron chi connectivity index (χ0n) is 13.6. The first kappa shape index (κ1) is 14.8. The topological polar surface area (TPSA) is 39.5 Å². The lowest BCUT2D eigenvalue weighted by molar-refractivity contribution is 0.174. The van der Waals surface area contributed by atoms with Crippen LogP contribution < -0.4 is 9.47 Å². The van der Waals surface area contributed by atoms with Crippen LogP contribution in [0.4, 0.5) is 0 Å². The van der Waals surface area contributed by atoms with Crippen molar-refractivity contribution in [2.24, 2.45) is 0 Å². The molecule has 0 radical (unpaired) electrons. The van der Waals surface area contributed by atoms with Gasteiger partial charge in [0.2, 0.25) is 6.79 Å². The molecule has 2 aromatic carbocycles. The normalized spacial score (nSPS) is 12.8. The molecular weight excluding hydrogens is 302 g/mol. The van der Waals surface area contributed by atoms with Crippen molar-refractivity contribution in [3.8, 4) is 17.2 Å². The summed E-state index contributed by atoms with van der Waals surface area (Å²) in [5.41, 5.74) is 3.46. The smallest absolute Gasteiger partial charge is 0.231 e. The molecule has 4 rings (SSSR count). The van der Waals surface area contributed by atoms with E-state index in [0.29, 0.717) is 6.79 Å². The van der Waals surface area contributed by atoms with Gasteiger partial charge in [0.05, 0.1) is 11.9 Å². The van der Waals surface area contributed by atoms with E-state index >= 15 is 0 Å². The van der Waals surface area contributed by atoms with Gasteiger partial charge < -0.3 is 9.47 Å². The minimum Gasteiger partial charge on any atom is -0.454 e. The fourth-order valence-corrected chi connectivity index (χ4v) is 2.88. The molecule has 0 spiro atoms. The second kappa shape index (κ2) is 6.37. The fraction of sp³-hybridized carbons (Fsp3) is 0.211. The molecule has 0 saturated heterocycles. The van der Waals surface area contributed by atoms with E-state index in [1.54, 1.807) is 0 Å². The quantitative estimate of drug-likeness (QED) is 0.723. The molecule has 0 bridgehead atoms. The Morgan fingerprint density at radius 2 is 1.79 bits per heavy atom. The van der Waals surface area contributed by atoms with Crippen LogP contribution in [0.2, 0.25) is 0 Å². The van der Waals surface area contributed by atoms with Gasteiger partial charge in [-0.15, -0.1) is 0 Å². The first-order valence-corrected chi connectivity index (χ1v) is 7.94. The van der Waals surface area contributed by atoms with E-state index in [1.807, 2.05) is 53.3 Å². The van der Waals surface area contributed by atoms with E-state index in [4.69, 9.17) is 9.47 Å². The minimum atomic E-state index is 0.313. The van der Waals surface area contributed by atoms with Crippen LogP contribution in [0.3, 0.4) is 0 Å². The molecule has 122 valence electrons. The summed E-state index contributed by atoms with van der Waals surface area (Å²) in [5, 5.41) is 4.45. The molecule has 5 heteroatoms.